The van der Waals surface area contributed by atoms with Crippen LogP contribution in [0.25, 0.3) is 32.9 Å². The predicted octanol–water partition coefficient (Wildman–Crippen LogP) is 5.16. The highest BCUT2D eigenvalue weighted by molar-refractivity contribution is 9.10. The normalized spacial score (nSPS) is 11.1. The van der Waals surface area contributed by atoms with Crippen LogP contribution >= 0.6 is 15.9 Å². The molecule has 0 saturated carbocycles. The Kier molecular flexibility index (Phi) is 7.56. The number of amides is 2. The molecule has 0 atom stereocenters. The Morgan fingerprint density at radius 2 is 1.50 bits per heavy atom. The minimum absolute atomic E-state index is 0.227. The van der Waals surface area contributed by atoms with E-state index in [0.29, 0.717) is 40.2 Å². The van der Waals surface area contributed by atoms with Crippen LogP contribution in [0.3, 0.4) is 0 Å². The highest BCUT2D eigenvalue weighted by Crippen LogP contribution is 2.26. The number of anilines is 4. The Morgan fingerprint density at radius 1 is 0.783 bits per heavy atom. The monoisotopic (exact) mass is 676 g/mol. The van der Waals surface area contributed by atoms with Gasteiger partial charge in [-0.1, -0.05) is 28.1 Å². The van der Waals surface area contributed by atoms with Gasteiger partial charge in [0.1, 0.15) is 11.4 Å². The van der Waals surface area contributed by atoms with Crippen molar-refractivity contribution >= 4 is 72.8 Å². The zero-order chi connectivity index (χ0) is 31.6. The molecule has 46 heavy (non-hydrogen) atoms. The fourth-order valence-electron chi connectivity index (χ4n) is 4.91. The molecule has 7 rings (SSSR count). The molecule has 0 aliphatic rings. The van der Waals surface area contributed by atoms with Gasteiger partial charge in [0, 0.05) is 65.4 Å². The third kappa shape index (κ3) is 5.98. The van der Waals surface area contributed by atoms with Gasteiger partial charge in [0.05, 0.1) is 28.6 Å². The molecule has 7 aromatic rings. The number of fused-ring (bicyclic) bond motifs is 2. The molecule has 14 nitrogen and oxygen atoms in total. The maximum absolute atomic E-state index is 13.1. The van der Waals surface area contributed by atoms with E-state index in [1.165, 1.54) is 0 Å². The molecule has 5 heterocycles. The number of aromatic nitrogens is 8. The average molecular weight is 678 g/mol. The van der Waals surface area contributed by atoms with E-state index in [0.717, 1.165) is 37.5 Å². The SMILES string of the molecule is CNC(=O)c1cc(Nc2ncc3c(CNC(=O)c4cc(Nc5ncc6ccc(-c7cn[nH]c7)cc6n5)c[nH]4)cc(Br)cc3n2)c[nH]1. The summed E-state index contributed by atoms with van der Waals surface area (Å²) in [5.74, 6) is 0.252. The summed E-state index contributed by atoms with van der Waals surface area (Å²) in [4.78, 5) is 48.9. The van der Waals surface area contributed by atoms with Crippen molar-refractivity contribution in [1.82, 2.24) is 50.7 Å². The summed E-state index contributed by atoms with van der Waals surface area (Å²) in [6.45, 7) is 0.243. The molecule has 0 saturated heterocycles. The van der Waals surface area contributed by atoms with Gasteiger partial charge in [0.15, 0.2) is 0 Å². The van der Waals surface area contributed by atoms with Crippen molar-refractivity contribution in [2.45, 2.75) is 6.54 Å². The Bertz CT molecular complexity index is 2220. The number of H-pyrrole nitrogens is 3. The van der Waals surface area contributed by atoms with Crippen LogP contribution in [0.4, 0.5) is 23.3 Å². The number of nitrogens with one attached hydrogen (secondary N) is 7. The Labute approximate surface area is 269 Å². The number of halogens is 1. The third-order valence-electron chi connectivity index (χ3n) is 7.20. The largest absolute Gasteiger partial charge is 0.355 e. The maximum Gasteiger partial charge on any atom is 0.268 e. The summed E-state index contributed by atoms with van der Waals surface area (Å²) in [6, 6.07) is 13.1. The van der Waals surface area contributed by atoms with E-state index in [4.69, 9.17) is 0 Å². The molecule has 15 heteroatoms. The van der Waals surface area contributed by atoms with Crippen molar-refractivity contribution in [3.63, 3.8) is 0 Å². The van der Waals surface area contributed by atoms with Gasteiger partial charge in [-0.2, -0.15) is 5.10 Å². The number of carbonyl (C=O) groups excluding carboxylic acids is 2. The van der Waals surface area contributed by atoms with Crippen molar-refractivity contribution in [2.75, 3.05) is 17.7 Å². The highest BCUT2D eigenvalue weighted by atomic mass is 79.9. The van der Waals surface area contributed by atoms with E-state index in [1.54, 1.807) is 50.2 Å². The molecule has 0 radical (unpaired) electrons. The number of benzene rings is 2. The van der Waals surface area contributed by atoms with Gasteiger partial charge in [-0.25, -0.2) is 19.9 Å². The third-order valence-corrected chi connectivity index (χ3v) is 7.66. The van der Waals surface area contributed by atoms with Crippen LogP contribution in [0.2, 0.25) is 0 Å². The quantitative estimate of drug-likeness (QED) is 0.108. The second-order valence-electron chi connectivity index (χ2n) is 10.3. The van der Waals surface area contributed by atoms with E-state index in [9.17, 15) is 9.59 Å². The molecule has 0 fully saturated rings. The van der Waals surface area contributed by atoms with Crippen LogP contribution in [0.15, 0.2) is 84.1 Å². The number of aromatic amines is 3. The Morgan fingerprint density at radius 3 is 2.22 bits per heavy atom. The van der Waals surface area contributed by atoms with Gasteiger partial charge in [0.2, 0.25) is 11.9 Å². The van der Waals surface area contributed by atoms with Crippen LogP contribution in [-0.2, 0) is 6.54 Å². The molecule has 0 spiro atoms. The van der Waals surface area contributed by atoms with E-state index in [2.05, 4.69) is 77.3 Å². The molecule has 0 unspecified atom stereocenters. The molecular formula is C31H25BrN12O2. The smallest absolute Gasteiger partial charge is 0.268 e. The summed E-state index contributed by atoms with van der Waals surface area (Å²) >= 11 is 3.54. The van der Waals surface area contributed by atoms with Crippen molar-refractivity contribution in [3.05, 3.63) is 101 Å². The fraction of sp³-hybridized carbons (Fsp3) is 0.0645. The Balaban J connectivity index is 1.02. The molecule has 0 aliphatic heterocycles. The van der Waals surface area contributed by atoms with Crippen LogP contribution in [0, 0.1) is 0 Å². The lowest BCUT2D eigenvalue weighted by molar-refractivity contribution is 0.0943. The summed E-state index contributed by atoms with van der Waals surface area (Å²) in [6.07, 6.45) is 10.4. The average Bonchev–Trinajstić information content (AvgIpc) is 3.86. The zero-order valence-electron chi connectivity index (χ0n) is 24.1. The zero-order valence-corrected chi connectivity index (χ0v) is 25.7. The van der Waals surface area contributed by atoms with Crippen molar-refractivity contribution in [1.29, 1.82) is 0 Å². The summed E-state index contributed by atoms with van der Waals surface area (Å²) in [7, 11) is 1.56. The highest BCUT2D eigenvalue weighted by Gasteiger charge is 2.13. The number of hydrogen-bond acceptors (Lipinski definition) is 9. The number of hydrogen-bond donors (Lipinski definition) is 7. The molecule has 2 aromatic carbocycles. The van der Waals surface area contributed by atoms with E-state index < -0.39 is 0 Å². The van der Waals surface area contributed by atoms with Gasteiger partial charge in [0.25, 0.3) is 11.8 Å². The first-order valence-corrected chi connectivity index (χ1v) is 14.8. The van der Waals surface area contributed by atoms with Gasteiger partial charge in [-0.05, 0) is 41.5 Å². The first kappa shape index (κ1) is 28.7. The van der Waals surface area contributed by atoms with Gasteiger partial charge in [-0.3, -0.25) is 14.7 Å². The summed E-state index contributed by atoms with van der Waals surface area (Å²) < 4.78 is 0.802. The van der Waals surface area contributed by atoms with E-state index in [-0.39, 0.29) is 18.4 Å². The molecule has 5 aromatic heterocycles. The molecular weight excluding hydrogens is 652 g/mol. The molecule has 7 N–H and O–H groups in total. The molecule has 0 bridgehead atoms. The van der Waals surface area contributed by atoms with Crippen molar-refractivity contribution < 1.29 is 9.59 Å². The minimum Gasteiger partial charge on any atom is -0.355 e. The second kappa shape index (κ2) is 12.1. The van der Waals surface area contributed by atoms with Gasteiger partial charge in [-0.15, -0.1) is 0 Å². The standard InChI is InChI=1S/C31H25BrN12O2/c1-33-28(45)26-7-21(13-34-26)42-31-38-15-23-18(4-20(32)6-25(23)44-31)10-36-29(46)27-8-22(14-35-27)41-30-37-9-17-3-2-16(5-24(17)43-30)19-11-39-40-12-19/h2-9,11-15,34-35H,10H2,1H3,(H,33,45)(H,36,46)(H,39,40)(H,37,41,43)(H,38,42,44). The lowest BCUT2D eigenvalue weighted by Gasteiger charge is -2.10. The van der Waals surface area contributed by atoms with E-state index in [1.807, 2.05) is 36.5 Å². The first-order valence-electron chi connectivity index (χ1n) is 14.0. The topological polar surface area (TPSA) is 194 Å². The summed E-state index contributed by atoms with van der Waals surface area (Å²) in [5, 5.41) is 20.3. The van der Waals surface area contributed by atoms with Crippen LogP contribution in [0.1, 0.15) is 26.5 Å². The van der Waals surface area contributed by atoms with Gasteiger partial charge < -0.3 is 31.2 Å². The number of carbonyl (C=O) groups is 2. The lowest BCUT2D eigenvalue weighted by atomic mass is 10.1. The lowest BCUT2D eigenvalue weighted by Crippen LogP contribution is -2.23. The Hall–Kier alpha value is -6.09. The number of rotatable bonds is 9. The van der Waals surface area contributed by atoms with Gasteiger partial charge >= 0.3 is 0 Å². The maximum atomic E-state index is 13.1. The molecule has 0 aliphatic carbocycles. The summed E-state index contributed by atoms with van der Waals surface area (Å²) in [5.41, 5.74) is 6.31. The molecule has 2 amide bonds. The molecule has 228 valence electrons. The van der Waals surface area contributed by atoms with Crippen LogP contribution in [-0.4, -0.2) is 59.0 Å². The van der Waals surface area contributed by atoms with Crippen molar-refractivity contribution in [2.24, 2.45) is 0 Å². The predicted molar refractivity (Wildman–Crippen MR) is 177 cm³/mol. The minimum atomic E-state index is -0.288. The number of nitrogens with zero attached hydrogens (tertiary/aromatic N) is 5. The van der Waals surface area contributed by atoms with Crippen molar-refractivity contribution in [3.8, 4) is 11.1 Å². The fourth-order valence-corrected chi connectivity index (χ4v) is 5.40. The first-order chi connectivity index (χ1) is 22.4. The second-order valence-corrected chi connectivity index (χ2v) is 11.2. The van der Waals surface area contributed by atoms with Crippen LogP contribution < -0.4 is 21.3 Å². The van der Waals surface area contributed by atoms with E-state index >= 15 is 0 Å². The van der Waals surface area contributed by atoms with Crippen LogP contribution in [0.5, 0.6) is 0 Å².